The van der Waals surface area contributed by atoms with E-state index in [0.717, 1.165) is 32.6 Å². The van der Waals surface area contributed by atoms with Gasteiger partial charge in [-0.1, -0.05) is 0 Å². The van der Waals surface area contributed by atoms with Gasteiger partial charge in [0, 0.05) is 11.5 Å². The van der Waals surface area contributed by atoms with Crippen molar-refractivity contribution in [2.75, 3.05) is 11.5 Å². The number of aromatic nitrogens is 8. The Balaban J connectivity index is 1.41. The normalized spacial score (nSPS) is 11.5. The van der Waals surface area contributed by atoms with Crippen LogP contribution in [0.25, 0.3) is 22.3 Å². The fourth-order valence-corrected chi connectivity index (χ4v) is 3.87. The third kappa shape index (κ3) is 2.50. The van der Waals surface area contributed by atoms with Crippen LogP contribution in [-0.4, -0.2) is 51.4 Å². The lowest BCUT2D eigenvalue weighted by molar-refractivity contribution is 1.08. The highest BCUT2D eigenvalue weighted by Crippen LogP contribution is 2.26. The van der Waals surface area contributed by atoms with E-state index in [4.69, 9.17) is 0 Å². The van der Waals surface area contributed by atoms with E-state index in [1.165, 1.54) is 12.7 Å². The van der Waals surface area contributed by atoms with E-state index in [-0.39, 0.29) is 0 Å². The molecule has 4 aromatic rings. The van der Waals surface area contributed by atoms with Crippen molar-refractivity contribution in [3.05, 3.63) is 25.3 Å². The molecular weight excluding hydrogens is 320 g/mol. The number of nitrogens with one attached hydrogen (secondary N) is 2. The molecule has 0 atom stereocenters. The molecule has 0 unspecified atom stereocenters. The van der Waals surface area contributed by atoms with Gasteiger partial charge < -0.3 is 9.97 Å². The topological polar surface area (TPSA) is 109 Å². The minimum absolute atomic E-state index is 0.695. The van der Waals surface area contributed by atoms with E-state index in [0.29, 0.717) is 11.3 Å². The zero-order valence-electron chi connectivity index (χ0n) is 11.2. The van der Waals surface area contributed by atoms with Gasteiger partial charge in [0.05, 0.1) is 12.7 Å². The molecule has 10 heteroatoms. The van der Waals surface area contributed by atoms with Gasteiger partial charge in [-0.3, -0.25) is 0 Å². The molecule has 0 bridgehead atoms. The highest BCUT2D eigenvalue weighted by Gasteiger charge is 2.08. The summed E-state index contributed by atoms with van der Waals surface area (Å²) in [6.07, 6.45) is 6.34. The van der Waals surface area contributed by atoms with E-state index in [9.17, 15) is 0 Å². The van der Waals surface area contributed by atoms with Gasteiger partial charge in [-0.25, -0.2) is 29.9 Å². The number of hydrogen-bond acceptors (Lipinski definition) is 8. The number of nitrogens with zero attached hydrogens (tertiary/aromatic N) is 6. The molecule has 0 aliphatic heterocycles. The molecule has 0 aliphatic carbocycles. The summed E-state index contributed by atoms with van der Waals surface area (Å²) in [7, 11) is 0. The van der Waals surface area contributed by atoms with Crippen LogP contribution in [-0.2, 0) is 0 Å². The highest BCUT2D eigenvalue weighted by atomic mass is 32.2. The molecule has 0 saturated carbocycles. The van der Waals surface area contributed by atoms with Crippen LogP contribution in [0.15, 0.2) is 35.4 Å². The Morgan fingerprint density at radius 2 is 1.18 bits per heavy atom. The molecule has 0 saturated heterocycles. The van der Waals surface area contributed by atoms with Crippen molar-refractivity contribution in [1.29, 1.82) is 0 Å². The van der Waals surface area contributed by atoms with Crippen molar-refractivity contribution in [2.45, 2.75) is 10.1 Å². The summed E-state index contributed by atoms with van der Waals surface area (Å²) in [5, 5.41) is 1.83. The van der Waals surface area contributed by atoms with Crippen LogP contribution in [0, 0.1) is 0 Å². The molecular formula is C12H10N8S2. The summed E-state index contributed by atoms with van der Waals surface area (Å²) in [5.74, 6) is 1.80. The fraction of sp³-hybridized carbons (Fsp3) is 0.167. The SMILES string of the molecule is c1nc(SCCSc2ncnc3nc[nH]c23)c2[nH]cnc2n1. The second kappa shape index (κ2) is 5.89. The van der Waals surface area contributed by atoms with Gasteiger partial charge in [0.1, 0.15) is 33.7 Å². The molecule has 22 heavy (non-hydrogen) atoms. The number of rotatable bonds is 5. The van der Waals surface area contributed by atoms with Crippen molar-refractivity contribution in [1.82, 2.24) is 39.9 Å². The zero-order chi connectivity index (χ0) is 14.8. The molecule has 8 nitrogen and oxygen atoms in total. The van der Waals surface area contributed by atoms with Gasteiger partial charge in [-0.2, -0.15) is 0 Å². The van der Waals surface area contributed by atoms with Crippen LogP contribution in [0.3, 0.4) is 0 Å². The molecule has 4 heterocycles. The van der Waals surface area contributed by atoms with Crippen molar-refractivity contribution in [2.24, 2.45) is 0 Å². The molecule has 4 aromatic heterocycles. The minimum atomic E-state index is 0.695. The second-order valence-electron chi connectivity index (χ2n) is 4.26. The average Bonchev–Trinajstić information content (AvgIpc) is 3.20. The molecule has 4 rings (SSSR count). The lowest BCUT2D eigenvalue weighted by atomic mass is 10.6. The molecule has 2 N–H and O–H groups in total. The summed E-state index contributed by atoms with van der Waals surface area (Å²) >= 11 is 3.34. The molecule has 0 fully saturated rings. The number of thioether (sulfide) groups is 2. The lowest BCUT2D eigenvalue weighted by Gasteiger charge is -2.02. The Kier molecular flexibility index (Phi) is 3.60. The van der Waals surface area contributed by atoms with Crippen molar-refractivity contribution in [3.63, 3.8) is 0 Å². The maximum atomic E-state index is 4.29. The number of H-pyrrole nitrogens is 2. The zero-order valence-corrected chi connectivity index (χ0v) is 12.9. The Bertz CT molecular complexity index is 841. The maximum Gasteiger partial charge on any atom is 0.181 e. The average molecular weight is 330 g/mol. The van der Waals surface area contributed by atoms with Gasteiger partial charge in [0.25, 0.3) is 0 Å². The summed E-state index contributed by atoms with van der Waals surface area (Å²) in [6, 6.07) is 0. The third-order valence-corrected chi connectivity index (χ3v) is 5.18. The molecule has 0 amide bonds. The van der Waals surface area contributed by atoms with E-state index in [2.05, 4.69) is 39.9 Å². The summed E-state index contributed by atoms with van der Waals surface area (Å²) < 4.78 is 0. The third-order valence-electron chi connectivity index (χ3n) is 2.94. The van der Waals surface area contributed by atoms with Gasteiger partial charge in [0.15, 0.2) is 11.3 Å². The first-order chi connectivity index (χ1) is 10.9. The van der Waals surface area contributed by atoms with Crippen LogP contribution < -0.4 is 0 Å². The molecule has 110 valence electrons. The monoisotopic (exact) mass is 330 g/mol. The predicted molar refractivity (Wildman–Crippen MR) is 84.8 cm³/mol. The smallest absolute Gasteiger partial charge is 0.181 e. The van der Waals surface area contributed by atoms with Crippen LogP contribution >= 0.6 is 23.5 Å². The van der Waals surface area contributed by atoms with Crippen LogP contribution in [0.5, 0.6) is 0 Å². The van der Waals surface area contributed by atoms with E-state index >= 15 is 0 Å². The van der Waals surface area contributed by atoms with Crippen LogP contribution in [0.1, 0.15) is 0 Å². The fourth-order valence-electron chi connectivity index (χ4n) is 1.98. The lowest BCUT2D eigenvalue weighted by Crippen LogP contribution is -1.91. The van der Waals surface area contributed by atoms with Crippen LogP contribution in [0.4, 0.5) is 0 Å². The van der Waals surface area contributed by atoms with Gasteiger partial charge in [0.2, 0.25) is 0 Å². The Labute approximate surface area is 133 Å². The number of fused-ring (bicyclic) bond motifs is 2. The summed E-state index contributed by atoms with van der Waals surface area (Å²) in [4.78, 5) is 31.2. The number of imidazole rings is 2. The Morgan fingerprint density at radius 1 is 0.682 bits per heavy atom. The van der Waals surface area contributed by atoms with Crippen molar-refractivity contribution in [3.8, 4) is 0 Å². The second-order valence-corrected chi connectivity index (χ2v) is 6.42. The van der Waals surface area contributed by atoms with E-state index in [1.807, 2.05) is 0 Å². The summed E-state index contributed by atoms with van der Waals surface area (Å²) in [6.45, 7) is 0. The first-order valence-electron chi connectivity index (χ1n) is 6.45. The Hall–Kier alpha value is -2.20. The van der Waals surface area contributed by atoms with Gasteiger partial charge >= 0.3 is 0 Å². The maximum absolute atomic E-state index is 4.29. The first-order valence-corrected chi connectivity index (χ1v) is 8.42. The van der Waals surface area contributed by atoms with Gasteiger partial charge in [-0.15, -0.1) is 23.5 Å². The largest absolute Gasteiger partial charge is 0.341 e. The quantitative estimate of drug-likeness (QED) is 0.324. The number of hydrogen-bond donors (Lipinski definition) is 2. The van der Waals surface area contributed by atoms with Crippen LogP contribution in [0.2, 0.25) is 0 Å². The molecule has 0 spiro atoms. The standard InChI is InChI=1S/C12H10N8S2/c1(21-11-7-9(15-3-13-7)17-5-19-11)2-22-12-8-10(16-4-14-8)18-6-20-12/h3-6H,1-2H2,(H,13,15,17,19)(H,14,16,18,20). The van der Waals surface area contributed by atoms with E-state index in [1.54, 1.807) is 36.2 Å². The van der Waals surface area contributed by atoms with E-state index < -0.39 is 0 Å². The Morgan fingerprint density at radius 3 is 1.68 bits per heavy atom. The molecule has 0 aromatic carbocycles. The minimum Gasteiger partial charge on any atom is -0.341 e. The molecule has 0 aliphatic rings. The number of aromatic amines is 2. The predicted octanol–water partition coefficient (Wildman–Crippen LogP) is 1.90. The van der Waals surface area contributed by atoms with Crippen molar-refractivity contribution >= 4 is 45.9 Å². The first kappa shape index (κ1) is 13.5. The molecule has 0 radical (unpaired) electrons. The highest BCUT2D eigenvalue weighted by molar-refractivity contribution is 8.03. The van der Waals surface area contributed by atoms with Crippen molar-refractivity contribution < 1.29 is 0 Å². The van der Waals surface area contributed by atoms with Gasteiger partial charge in [-0.05, 0) is 0 Å². The summed E-state index contributed by atoms with van der Waals surface area (Å²) in [5.41, 5.74) is 3.16.